The first kappa shape index (κ1) is 17.0. The second kappa shape index (κ2) is 7.79. The van der Waals surface area contributed by atoms with Gasteiger partial charge in [-0.25, -0.2) is 8.42 Å². The number of rotatable bonds is 6. The molecule has 0 bridgehead atoms. The van der Waals surface area contributed by atoms with E-state index in [9.17, 15) is 8.42 Å². The average Bonchev–Trinajstić information content (AvgIpc) is 2.64. The van der Waals surface area contributed by atoms with Crippen molar-refractivity contribution in [2.75, 3.05) is 39.3 Å². The first-order valence-corrected chi connectivity index (χ1v) is 9.56. The average molecular weight is 346 g/mol. The molecule has 0 atom stereocenters. The van der Waals surface area contributed by atoms with Crippen LogP contribution in [0.15, 0.2) is 65.6 Å². The third kappa shape index (κ3) is 4.14. The Balaban J connectivity index is 1.47. The third-order valence-electron chi connectivity index (χ3n) is 4.13. The number of benzene rings is 2. The Morgan fingerprint density at radius 3 is 2.04 bits per heavy atom. The molecular formula is C18H22N2O3S. The van der Waals surface area contributed by atoms with Gasteiger partial charge < -0.3 is 4.74 Å². The quantitative estimate of drug-likeness (QED) is 0.803. The maximum Gasteiger partial charge on any atom is 0.243 e. The van der Waals surface area contributed by atoms with Crippen LogP contribution in [-0.2, 0) is 10.0 Å². The molecule has 0 aliphatic carbocycles. The van der Waals surface area contributed by atoms with E-state index in [4.69, 9.17) is 4.74 Å². The molecule has 128 valence electrons. The number of ether oxygens (including phenoxy) is 1. The van der Waals surface area contributed by atoms with E-state index in [0.29, 0.717) is 24.6 Å². The van der Waals surface area contributed by atoms with Gasteiger partial charge in [0.1, 0.15) is 12.4 Å². The molecule has 24 heavy (non-hydrogen) atoms. The van der Waals surface area contributed by atoms with Crippen LogP contribution in [0.1, 0.15) is 0 Å². The fourth-order valence-corrected chi connectivity index (χ4v) is 4.19. The summed E-state index contributed by atoms with van der Waals surface area (Å²) in [6.07, 6.45) is 0. The van der Waals surface area contributed by atoms with Crippen molar-refractivity contribution in [3.63, 3.8) is 0 Å². The largest absolute Gasteiger partial charge is 0.492 e. The maximum absolute atomic E-state index is 12.6. The molecule has 5 nitrogen and oxygen atoms in total. The highest BCUT2D eigenvalue weighted by Crippen LogP contribution is 2.17. The van der Waals surface area contributed by atoms with Crippen molar-refractivity contribution in [3.05, 3.63) is 60.7 Å². The van der Waals surface area contributed by atoms with Crippen molar-refractivity contribution in [3.8, 4) is 5.75 Å². The van der Waals surface area contributed by atoms with Crippen LogP contribution in [-0.4, -0.2) is 57.0 Å². The molecule has 0 N–H and O–H groups in total. The molecule has 1 heterocycles. The van der Waals surface area contributed by atoms with Crippen molar-refractivity contribution < 1.29 is 13.2 Å². The highest BCUT2D eigenvalue weighted by atomic mass is 32.2. The van der Waals surface area contributed by atoms with E-state index in [1.807, 2.05) is 36.4 Å². The summed E-state index contributed by atoms with van der Waals surface area (Å²) in [5, 5.41) is 0. The molecule has 6 heteroatoms. The summed E-state index contributed by atoms with van der Waals surface area (Å²) in [4.78, 5) is 2.60. The lowest BCUT2D eigenvalue weighted by Crippen LogP contribution is -2.49. The monoisotopic (exact) mass is 346 g/mol. The van der Waals surface area contributed by atoms with Crippen LogP contribution in [0.4, 0.5) is 0 Å². The van der Waals surface area contributed by atoms with Gasteiger partial charge in [0.05, 0.1) is 4.90 Å². The van der Waals surface area contributed by atoms with E-state index in [1.54, 1.807) is 28.6 Å². The number of piperazine rings is 1. The zero-order valence-electron chi connectivity index (χ0n) is 13.5. The van der Waals surface area contributed by atoms with E-state index < -0.39 is 10.0 Å². The van der Waals surface area contributed by atoms with Crippen molar-refractivity contribution in [2.24, 2.45) is 0 Å². The van der Waals surface area contributed by atoms with Gasteiger partial charge in [-0.1, -0.05) is 36.4 Å². The molecule has 3 rings (SSSR count). The summed E-state index contributed by atoms with van der Waals surface area (Å²) < 4.78 is 32.4. The first-order chi connectivity index (χ1) is 11.7. The molecule has 0 aromatic heterocycles. The molecule has 1 aliphatic heterocycles. The number of hydrogen-bond acceptors (Lipinski definition) is 4. The number of nitrogens with zero attached hydrogens (tertiary/aromatic N) is 2. The fourth-order valence-electron chi connectivity index (χ4n) is 2.74. The molecule has 0 spiro atoms. The van der Waals surface area contributed by atoms with Gasteiger partial charge in [0.25, 0.3) is 0 Å². The lowest BCUT2D eigenvalue weighted by atomic mass is 10.3. The predicted octanol–water partition coefficient (Wildman–Crippen LogP) is 2.07. The Morgan fingerprint density at radius 2 is 1.42 bits per heavy atom. The van der Waals surface area contributed by atoms with E-state index >= 15 is 0 Å². The Kier molecular flexibility index (Phi) is 5.50. The number of hydrogen-bond donors (Lipinski definition) is 0. The zero-order chi connectivity index (χ0) is 16.8. The second-order valence-corrected chi connectivity index (χ2v) is 7.66. The Bertz CT molecular complexity index is 727. The van der Waals surface area contributed by atoms with Gasteiger partial charge in [0.2, 0.25) is 10.0 Å². The van der Waals surface area contributed by atoms with E-state index in [1.165, 1.54) is 0 Å². The van der Waals surface area contributed by atoms with Crippen LogP contribution >= 0.6 is 0 Å². The van der Waals surface area contributed by atoms with Crippen molar-refractivity contribution >= 4 is 10.0 Å². The standard InChI is InChI=1S/C18H22N2O3S/c21-24(22,18-9-5-2-6-10-18)20-13-11-19(12-14-20)15-16-23-17-7-3-1-4-8-17/h1-10H,11-16H2. The van der Waals surface area contributed by atoms with Crippen LogP contribution < -0.4 is 4.74 Å². The first-order valence-electron chi connectivity index (χ1n) is 8.12. The highest BCUT2D eigenvalue weighted by Gasteiger charge is 2.28. The van der Waals surface area contributed by atoms with Gasteiger partial charge in [-0.2, -0.15) is 4.31 Å². The summed E-state index contributed by atoms with van der Waals surface area (Å²) in [6, 6.07) is 18.3. The molecule has 0 radical (unpaired) electrons. The molecule has 0 saturated carbocycles. The van der Waals surface area contributed by atoms with Crippen LogP contribution in [0.2, 0.25) is 0 Å². The lowest BCUT2D eigenvalue weighted by molar-refractivity contribution is 0.159. The van der Waals surface area contributed by atoms with Gasteiger partial charge in [0, 0.05) is 32.7 Å². The van der Waals surface area contributed by atoms with Gasteiger partial charge in [-0.3, -0.25) is 4.90 Å². The maximum atomic E-state index is 12.6. The minimum atomic E-state index is -3.37. The predicted molar refractivity (Wildman–Crippen MR) is 93.6 cm³/mol. The van der Waals surface area contributed by atoms with Crippen molar-refractivity contribution in [1.29, 1.82) is 0 Å². The number of sulfonamides is 1. The lowest BCUT2D eigenvalue weighted by Gasteiger charge is -2.33. The molecule has 0 unspecified atom stereocenters. The Morgan fingerprint density at radius 1 is 0.833 bits per heavy atom. The van der Waals surface area contributed by atoms with E-state index in [-0.39, 0.29) is 0 Å². The van der Waals surface area contributed by atoms with Gasteiger partial charge in [-0.15, -0.1) is 0 Å². The summed E-state index contributed by atoms with van der Waals surface area (Å²) in [6.45, 7) is 3.89. The van der Waals surface area contributed by atoms with Gasteiger partial charge in [0.15, 0.2) is 0 Å². The van der Waals surface area contributed by atoms with E-state index in [2.05, 4.69) is 4.90 Å². The molecule has 2 aromatic carbocycles. The van der Waals surface area contributed by atoms with Gasteiger partial charge in [-0.05, 0) is 24.3 Å². The van der Waals surface area contributed by atoms with Crippen LogP contribution in [0.25, 0.3) is 0 Å². The Hall–Kier alpha value is -1.89. The second-order valence-electron chi connectivity index (χ2n) is 5.72. The molecule has 1 saturated heterocycles. The highest BCUT2D eigenvalue weighted by molar-refractivity contribution is 7.89. The molecule has 0 amide bonds. The normalized spacial score (nSPS) is 16.8. The molecule has 1 fully saturated rings. The minimum absolute atomic E-state index is 0.367. The summed E-state index contributed by atoms with van der Waals surface area (Å²) in [5.74, 6) is 0.864. The fraction of sp³-hybridized carbons (Fsp3) is 0.333. The molecule has 1 aliphatic rings. The van der Waals surface area contributed by atoms with E-state index in [0.717, 1.165) is 25.4 Å². The molecule has 2 aromatic rings. The number of para-hydroxylation sites is 1. The minimum Gasteiger partial charge on any atom is -0.492 e. The van der Waals surface area contributed by atoms with Crippen LogP contribution in [0.5, 0.6) is 5.75 Å². The topological polar surface area (TPSA) is 49.9 Å². The summed E-state index contributed by atoms with van der Waals surface area (Å²) in [5.41, 5.74) is 0. The SMILES string of the molecule is O=S(=O)(c1ccccc1)N1CCN(CCOc2ccccc2)CC1. The summed E-state index contributed by atoms with van der Waals surface area (Å²) in [7, 11) is -3.37. The van der Waals surface area contributed by atoms with Crippen molar-refractivity contribution in [2.45, 2.75) is 4.90 Å². The van der Waals surface area contributed by atoms with Crippen LogP contribution in [0, 0.1) is 0 Å². The van der Waals surface area contributed by atoms with Gasteiger partial charge >= 0.3 is 0 Å². The van der Waals surface area contributed by atoms with Crippen molar-refractivity contribution in [1.82, 2.24) is 9.21 Å². The smallest absolute Gasteiger partial charge is 0.243 e. The zero-order valence-corrected chi connectivity index (χ0v) is 14.4. The Labute approximate surface area is 143 Å². The molecular weight excluding hydrogens is 324 g/mol. The van der Waals surface area contributed by atoms with Crippen LogP contribution in [0.3, 0.4) is 0 Å². The summed E-state index contributed by atoms with van der Waals surface area (Å²) >= 11 is 0. The third-order valence-corrected chi connectivity index (χ3v) is 6.04.